The molecule has 6 heteroatoms. The minimum Gasteiger partial charge on any atom is -0.378 e. The van der Waals surface area contributed by atoms with E-state index in [1.165, 1.54) is 12.8 Å². The molecule has 6 nitrogen and oxygen atoms in total. The van der Waals surface area contributed by atoms with Gasteiger partial charge in [-0.25, -0.2) is 0 Å². The Kier molecular flexibility index (Phi) is 3.79. The van der Waals surface area contributed by atoms with Crippen LogP contribution in [-0.4, -0.2) is 59.0 Å². The van der Waals surface area contributed by atoms with Crippen LogP contribution >= 0.6 is 0 Å². The van der Waals surface area contributed by atoms with Gasteiger partial charge in [0.1, 0.15) is 0 Å². The van der Waals surface area contributed by atoms with E-state index in [9.17, 15) is 4.79 Å². The van der Waals surface area contributed by atoms with Crippen molar-refractivity contribution < 1.29 is 9.53 Å². The Balaban J connectivity index is 1.54. The fourth-order valence-electron chi connectivity index (χ4n) is 3.73. The highest BCUT2D eigenvalue weighted by Crippen LogP contribution is 2.21. The Morgan fingerprint density at radius 1 is 1.26 bits per heavy atom. The monoisotopic (exact) mass is 314 g/mol. The van der Waals surface area contributed by atoms with E-state index in [0.717, 1.165) is 24.0 Å². The Morgan fingerprint density at radius 2 is 2.04 bits per heavy atom. The topological polar surface area (TPSA) is 59.4 Å². The van der Waals surface area contributed by atoms with Crippen LogP contribution in [0.25, 0.3) is 10.9 Å². The summed E-state index contributed by atoms with van der Waals surface area (Å²) in [7, 11) is 1.87. The number of rotatable bonds is 3. The number of hydrogen-bond donors (Lipinski definition) is 1. The van der Waals surface area contributed by atoms with Crippen molar-refractivity contribution in [3.63, 3.8) is 0 Å². The lowest BCUT2D eigenvalue weighted by Gasteiger charge is -2.27. The molecule has 3 heterocycles. The van der Waals surface area contributed by atoms with Crippen LogP contribution in [-0.2, 0) is 11.8 Å². The third kappa shape index (κ3) is 2.62. The van der Waals surface area contributed by atoms with E-state index in [4.69, 9.17) is 4.74 Å². The molecule has 0 bridgehead atoms. The summed E-state index contributed by atoms with van der Waals surface area (Å²) in [4.78, 5) is 15.2. The van der Waals surface area contributed by atoms with Crippen LogP contribution in [0.2, 0.25) is 0 Å². The zero-order chi connectivity index (χ0) is 15.8. The molecule has 0 saturated carbocycles. The molecular formula is C17H22N4O2. The van der Waals surface area contributed by atoms with Gasteiger partial charge < -0.3 is 10.1 Å². The molecule has 1 amide bonds. The van der Waals surface area contributed by atoms with Gasteiger partial charge in [-0.15, -0.1) is 0 Å². The normalized spacial score (nSPS) is 25.3. The first-order valence-corrected chi connectivity index (χ1v) is 8.28. The van der Waals surface area contributed by atoms with Crippen LogP contribution in [0, 0.1) is 0 Å². The second kappa shape index (κ2) is 5.94. The average Bonchev–Trinajstić information content (AvgIpc) is 3.27. The number of carbonyl (C=O) groups is 1. The van der Waals surface area contributed by atoms with Gasteiger partial charge >= 0.3 is 0 Å². The number of ether oxygens (including phenoxy) is 1. The van der Waals surface area contributed by atoms with Gasteiger partial charge in [-0.1, -0.05) is 18.2 Å². The van der Waals surface area contributed by atoms with Gasteiger partial charge in [-0.05, 0) is 32.0 Å². The van der Waals surface area contributed by atoms with Crippen molar-refractivity contribution in [3.8, 4) is 0 Å². The highest BCUT2D eigenvalue weighted by molar-refractivity contribution is 6.05. The Labute approximate surface area is 135 Å². The largest absolute Gasteiger partial charge is 0.378 e. The second-order valence-electron chi connectivity index (χ2n) is 6.42. The highest BCUT2D eigenvalue weighted by atomic mass is 16.5. The first-order chi connectivity index (χ1) is 11.2. The molecule has 0 radical (unpaired) electrons. The fourth-order valence-corrected chi connectivity index (χ4v) is 3.73. The molecule has 1 N–H and O–H groups in total. The molecular weight excluding hydrogens is 292 g/mol. The Morgan fingerprint density at radius 3 is 2.87 bits per heavy atom. The van der Waals surface area contributed by atoms with Gasteiger partial charge in [0, 0.05) is 12.4 Å². The molecule has 23 heavy (non-hydrogen) atoms. The molecule has 1 aromatic heterocycles. The van der Waals surface area contributed by atoms with E-state index >= 15 is 0 Å². The molecule has 2 aliphatic heterocycles. The molecule has 2 aliphatic rings. The summed E-state index contributed by atoms with van der Waals surface area (Å²) in [6, 6.07) is 8.15. The molecule has 2 saturated heterocycles. The predicted molar refractivity (Wildman–Crippen MR) is 87.4 cm³/mol. The van der Waals surface area contributed by atoms with E-state index in [1.807, 2.05) is 31.3 Å². The van der Waals surface area contributed by atoms with E-state index in [-0.39, 0.29) is 18.0 Å². The average molecular weight is 314 g/mol. The Bertz CT molecular complexity index is 720. The molecule has 0 spiro atoms. The molecule has 0 aliphatic carbocycles. The third-order valence-electron chi connectivity index (χ3n) is 4.95. The van der Waals surface area contributed by atoms with E-state index < -0.39 is 0 Å². The summed E-state index contributed by atoms with van der Waals surface area (Å²) in [5.41, 5.74) is 1.46. The lowest BCUT2D eigenvalue weighted by molar-refractivity contribution is 0.0912. The minimum absolute atomic E-state index is 0.0429. The van der Waals surface area contributed by atoms with Gasteiger partial charge in [0.2, 0.25) is 0 Å². The maximum absolute atomic E-state index is 12.7. The van der Waals surface area contributed by atoms with Crippen LogP contribution < -0.4 is 5.32 Å². The van der Waals surface area contributed by atoms with Crippen molar-refractivity contribution in [1.29, 1.82) is 0 Å². The molecule has 2 aromatic rings. The Hall–Kier alpha value is -1.92. The number of para-hydroxylation sites is 1. The smallest absolute Gasteiger partial charge is 0.272 e. The first-order valence-electron chi connectivity index (χ1n) is 8.28. The van der Waals surface area contributed by atoms with Crippen molar-refractivity contribution in [1.82, 2.24) is 20.0 Å². The first kappa shape index (κ1) is 14.7. The van der Waals surface area contributed by atoms with Crippen molar-refractivity contribution in [2.75, 3.05) is 26.3 Å². The van der Waals surface area contributed by atoms with Crippen LogP contribution in [0.4, 0.5) is 0 Å². The quantitative estimate of drug-likeness (QED) is 0.924. The van der Waals surface area contributed by atoms with Gasteiger partial charge in [0.25, 0.3) is 5.91 Å². The number of hydrogen-bond acceptors (Lipinski definition) is 4. The maximum Gasteiger partial charge on any atom is 0.272 e. The van der Waals surface area contributed by atoms with Crippen LogP contribution in [0.1, 0.15) is 23.3 Å². The van der Waals surface area contributed by atoms with E-state index in [1.54, 1.807) is 4.68 Å². The number of likely N-dealkylation sites (tertiary alicyclic amines) is 1. The molecule has 0 unspecified atom stereocenters. The molecule has 2 fully saturated rings. The van der Waals surface area contributed by atoms with Crippen LogP contribution in [0.3, 0.4) is 0 Å². The zero-order valence-electron chi connectivity index (χ0n) is 13.4. The van der Waals surface area contributed by atoms with E-state index in [2.05, 4.69) is 15.3 Å². The third-order valence-corrected chi connectivity index (χ3v) is 4.95. The standard InChI is InChI=1S/C17H22N4O2/c1-20-14-7-3-2-6-12(14)16(19-20)17(22)18-13-10-23-11-15(13)21-8-4-5-9-21/h2-3,6-7,13,15H,4-5,8-11H2,1H3,(H,18,22)/t13-,15-/m1/s1. The SMILES string of the molecule is Cn1nc(C(=O)N[C@@H]2COC[C@H]2N2CCCC2)c2ccccc21. The van der Waals surface area contributed by atoms with Gasteiger partial charge in [0.05, 0.1) is 30.8 Å². The highest BCUT2D eigenvalue weighted by Gasteiger charge is 2.35. The van der Waals surface area contributed by atoms with E-state index in [0.29, 0.717) is 18.9 Å². The van der Waals surface area contributed by atoms with Crippen molar-refractivity contribution in [2.45, 2.75) is 24.9 Å². The molecule has 2 atom stereocenters. The number of amides is 1. The van der Waals surface area contributed by atoms with Gasteiger partial charge in [0.15, 0.2) is 5.69 Å². The number of aromatic nitrogens is 2. The zero-order valence-corrected chi connectivity index (χ0v) is 13.4. The second-order valence-corrected chi connectivity index (χ2v) is 6.42. The number of benzene rings is 1. The number of carbonyl (C=O) groups excluding carboxylic acids is 1. The predicted octanol–water partition coefficient (Wildman–Crippen LogP) is 1.17. The fraction of sp³-hybridized carbons (Fsp3) is 0.529. The van der Waals surface area contributed by atoms with Crippen LogP contribution in [0.15, 0.2) is 24.3 Å². The molecule has 122 valence electrons. The number of aryl methyl sites for hydroxylation is 1. The number of nitrogens with one attached hydrogen (secondary N) is 1. The number of nitrogens with zero attached hydrogens (tertiary/aromatic N) is 3. The lowest BCUT2D eigenvalue weighted by Crippen LogP contribution is -2.50. The van der Waals surface area contributed by atoms with Gasteiger partial charge in [-0.2, -0.15) is 5.10 Å². The summed E-state index contributed by atoms with van der Waals surface area (Å²) < 4.78 is 7.39. The summed E-state index contributed by atoms with van der Waals surface area (Å²) in [6.45, 7) is 3.49. The number of fused-ring (bicyclic) bond motifs is 1. The van der Waals surface area contributed by atoms with Gasteiger partial charge in [-0.3, -0.25) is 14.4 Å². The maximum atomic E-state index is 12.7. The van der Waals surface area contributed by atoms with Crippen molar-refractivity contribution in [2.24, 2.45) is 7.05 Å². The molecule has 4 rings (SSSR count). The summed E-state index contributed by atoms with van der Waals surface area (Å²) in [6.07, 6.45) is 2.48. The summed E-state index contributed by atoms with van der Waals surface area (Å²) in [5, 5.41) is 8.44. The minimum atomic E-state index is -0.110. The summed E-state index contributed by atoms with van der Waals surface area (Å²) >= 11 is 0. The van der Waals surface area contributed by atoms with Crippen molar-refractivity contribution in [3.05, 3.63) is 30.0 Å². The van der Waals surface area contributed by atoms with Crippen LogP contribution in [0.5, 0.6) is 0 Å². The lowest BCUT2D eigenvalue weighted by atomic mass is 10.1. The summed E-state index contributed by atoms with van der Waals surface area (Å²) in [5.74, 6) is -0.110. The van der Waals surface area contributed by atoms with Crippen molar-refractivity contribution >= 4 is 16.8 Å². The molecule has 1 aromatic carbocycles.